The standard InChI is InChI=1S/C14H19NO4S/c1-3-20(18,19)12-8-6-11(7-9-12)15-14(2,13(16)17)10-4-5-10/h6-10,15H,3-5H2,1-2H3,(H,16,17). The molecule has 1 aliphatic rings. The highest BCUT2D eigenvalue weighted by molar-refractivity contribution is 7.91. The first-order valence-corrected chi connectivity index (χ1v) is 8.29. The van der Waals surface area contributed by atoms with Crippen LogP contribution in [0.25, 0.3) is 0 Å². The van der Waals surface area contributed by atoms with E-state index in [4.69, 9.17) is 0 Å². The summed E-state index contributed by atoms with van der Waals surface area (Å²) in [6.45, 7) is 3.26. The molecule has 2 N–H and O–H groups in total. The van der Waals surface area contributed by atoms with Crippen LogP contribution in [0.5, 0.6) is 0 Å². The molecular formula is C14H19NO4S. The molecule has 110 valence electrons. The Balaban J connectivity index is 2.21. The van der Waals surface area contributed by atoms with Gasteiger partial charge in [0.1, 0.15) is 5.54 Å². The van der Waals surface area contributed by atoms with Gasteiger partial charge in [-0.15, -0.1) is 0 Å². The minimum atomic E-state index is -3.22. The maximum Gasteiger partial charge on any atom is 0.329 e. The second-order valence-corrected chi connectivity index (χ2v) is 7.61. The van der Waals surface area contributed by atoms with E-state index in [1.165, 1.54) is 12.1 Å². The van der Waals surface area contributed by atoms with Crippen molar-refractivity contribution in [1.29, 1.82) is 0 Å². The third kappa shape index (κ3) is 2.80. The zero-order chi connectivity index (χ0) is 15.0. The van der Waals surface area contributed by atoms with E-state index in [9.17, 15) is 18.3 Å². The fraction of sp³-hybridized carbons (Fsp3) is 0.500. The summed E-state index contributed by atoms with van der Waals surface area (Å²) in [5, 5.41) is 12.4. The van der Waals surface area contributed by atoms with Gasteiger partial charge in [0.25, 0.3) is 0 Å². The van der Waals surface area contributed by atoms with Crippen LogP contribution in [0, 0.1) is 5.92 Å². The van der Waals surface area contributed by atoms with Crippen LogP contribution in [-0.4, -0.2) is 30.8 Å². The Kier molecular flexibility index (Phi) is 3.77. The van der Waals surface area contributed by atoms with Crippen molar-refractivity contribution in [2.45, 2.75) is 37.1 Å². The van der Waals surface area contributed by atoms with Gasteiger partial charge in [0.15, 0.2) is 9.84 Å². The summed E-state index contributed by atoms with van der Waals surface area (Å²) in [5.41, 5.74) is -0.373. The molecule has 6 heteroatoms. The molecule has 0 bridgehead atoms. The summed E-state index contributed by atoms with van der Waals surface area (Å²) >= 11 is 0. The van der Waals surface area contributed by atoms with Crippen LogP contribution in [-0.2, 0) is 14.6 Å². The topological polar surface area (TPSA) is 83.5 Å². The lowest BCUT2D eigenvalue weighted by atomic mass is 9.95. The van der Waals surface area contributed by atoms with Gasteiger partial charge in [0.05, 0.1) is 10.6 Å². The molecule has 0 aromatic heterocycles. The van der Waals surface area contributed by atoms with Crippen molar-refractivity contribution in [3.05, 3.63) is 24.3 Å². The van der Waals surface area contributed by atoms with Crippen molar-refractivity contribution in [2.75, 3.05) is 11.1 Å². The number of nitrogens with one attached hydrogen (secondary N) is 1. The Labute approximate surface area is 118 Å². The van der Waals surface area contributed by atoms with Crippen LogP contribution in [0.4, 0.5) is 5.69 Å². The minimum Gasteiger partial charge on any atom is -0.480 e. The summed E-state index contributed by atoms with van der Waals surface area (Å²) < 4.78 is 23.4. The first-order valence-electron chi connectivity index (χ1n) is 6.64. The van der Waals surface area contributed by atoms with Crippen molar-refractivity contribution in [1.82, 2.24) is 0 Å². The van der Waals surface area contributed by atoms with Crippen LogP contribution in [0.3, 0.4) is 0 Å². The lowest BCUT2D eigenvalue weighted by Crippen LogP contribution is -2.45. The highest BCUT2D eigenvalue weighted by Gasteiger charge is 2.47. The molecule has 1 aromatic rings. The molecule has 0 heterocycles. The van der Waals surface area contributed by atoms with E-state index < -0.39 is 21.3 Å². The molecule has 1 aliphatic carbocycles. The molecule has 0 saturated heterocycles. The van der Waals surface area contributed by atoms with E-state index in [0.717, 1.165) is 12.8 Å². The number of carboxylic acids is 1. The van der Waals surface area contributed by atoms with E-state index >= 15 is 0 Å². The first kappa shape index (κ1) is 14.8. The number of carbonyl (C=O) groups is 1. The van der Waals surface area contributed by atoms with E-state index in [1.54, 1.807) is 26.0 Å². The molecular weight excluding hydrogens is 278 g/mol. The number of hydrogen-bond acceptors (Lipinski definition) is 4. The number of aliphatic carboxylic acids is 1. The Morgan fingerprint density at radius 1 is 1.35 bits per heavy atom. The van der Waals surface area contributed by atoms with Gasteiger partial charge < -0.3 is 10.4 Å². The average molecular weight is 297 g/mol. The summed E-state index contributed by atoms with van der Waals surface area (Å²) in [7, 11) is -3.22. The summed E-state index contributed by atoms with van der Waals surface area (Å²) in [6.07, 6.45) is 1.80. The summed E-state index contributed by atoms with van der Waals surface area (Å²) in [6, 6.07) is 6.25. The predicted octanol–water partition coefficient (Wildman–Crippen LogP) is 2.15. The predicted molar refractivity (Wildman–Crippen MR) is 76.6 cm³/mol. The summed E-state index contributed by atoms with van der Waals surface area (Å²) in [5.74, 6) is -0.710. The molecule has 1 unspecified atom stereocenters. The molecule has 1 fully saturated rings. The molecule has 0 radical (unpaired) electrons. The quantitative estimate of drug-likeness (QED) is 0.840. The first-order chi connectivity index (χ1) is 9.29. The van der Waals surface area contributed by atoms with Gasteiger partial charge in [-0.05, 0) is 49.9 Å². The molecule has 1 aromatic carbocycles. The highest BCUT2D eigenvalue weighted by Crippen LogP contribution is 2.41. The van der Waals surface area contributed by atoms with Crippen molar-refractivity contribution >= 4 is 21.5 Å². The molecule has 5 nitrogen and oxygen atoms in total. The number of hydrogen-bond donors (Lipinski definition) is 2. The highest BCUT2D eigenvalue weighted by atomic mass is 32.2. The van der Waals surface area contributed by atoms with Gasteiger partial charge >= 0.3 is 5.97 Å². The largest absolute Gasteiger partial charge is 0.480 e. The molecule has 1 saturated carbocycles. The second kappa shape index (κ2) is 5.09. The number of carboxylic acid groups (broad SMARTS) is 1. The number of rotatable bonds is 6. The molecule has 0 spiro atoms. The van der Waals surface area contributed by atoms with Gasteiger partial charge in [0.2, 0.25) is 0 Å². The maximum absolute atomic E-state index is 11.7. The Morgan fingerprint density at radius 3 is 2.30 bits per heavy atom. The second-order valence-electron chi connectivity index (χ2n) is 5.33. The fourth-order valence-electron chi connectivity index (χ4n) is 2.20. The smallest absolute Gasteiger partial charge is 0.329 e. The van der Waals surface area contributed by atoms with Gasteiger partial charge in [-0.3, -0.25) is 0 Å². The van der Waals surface area contributed by atoms with Crippen LogP contribution in [0.15, 0.2) is 29.2 Å². The third-order valence-electron chi connectivity index (χ3n) is 3.84. The van der Waals surface area contributed by atoms with E-state index in [2.05, 4.69) is 5.32 Å². The Bertz CT molecular complexity index is 605. The van der Waals surface area contributed by atoms with Crippen molar-refractivity contribution < 1.29 is 18.3 Å². The van der Waals surface area contributed by atoms with Crippen LogP contribution in [0.2, 0.25) is 0 Å². The Hall–Kier alpha value is -1.56. The van der Waals surface area contributed by atoms with E-state index in [0.29, 0.717) is 5.69 Å². The van der Waals surface area contributed by atoms with Crippen molar-refractivity contribution in [3.8, 4) is 0 Å². The van der Waals surface area contributed by atoms with Gasteiger partial charge in [-0.2, -0.15) is 0 Å². The lowest BCUT2D eigenvalue weighted by molar-refractivity contribution is -0.142. The minimum absolute atomic E-state index is 0.0503. The van der Waals surface area contributed by atoms with E-state index in [-0.39, 0.29) is 16.6 Å². The van der Waals surface area contributed by atoms with E-state index in [1.807, 2.05) is 0 Å². The number of sulfone groups is 1. The van der Waals surface area contributed by atoms with Crippen molar-refractivity contribution in [2.24, 2.45) is 5.92 Å². The maximum atomic E-state index is 11.7. The van der Waals surface area contributed by atoms with Crippen LogP contribution < -0.4 is 5.32 Å². The van der Waals surface area contributed by atoms with Gasteiger partial charge in [-0.1, -0.05) is 6.92 Å². The zero-order valence-electron chi connectivity index (χ0n) is 11.6. The average Bonchev–Trinajstić information content (AvgIpc) is 3.23. The van der Waals surface area contributed by atoms with Crippen LogP contribution >= 0.6 is 0 Å². The third-order valence-corrected chi connectivity index (χ3v) is 5.59. The molecule has 1 atom stereocenters. The van der Waals surface area contributed by atoms with Gasteiger partial charge in [0, 0.05) is 5.69 Å². The number of anilines is 1. The van der Waals surface area contributed by atoms with Crippen LogP contribution in [0.1, 0.15) is 26.7 Å². The summed E-state index contributed by atoms with van der Waals surface area (Å²) in [4.78, 5) is 11.7. The SMILES string of the molecule is CCS(=O)(=O)c1ccc(NC(C)(C(=O)O)C2CC2)cc1. The molecule has 20 heavy (non-hydrogen) atoms. The zero-order valence-corrected chi connectivity index (χ0v) is 12.4. The number of benzene rings is 1. The Morgan fingerprint density at radius 2 is 1.90 bits per heavy atom. The molecule has 0 amide bonds. The van der Waals surface area contributed by atoms with Crippen molar-refractivity contribution in [3.63, 3.8) is 0 Å². The fourth-order valence-corrected chi connectivity index (χ4v) is 3.09. The lowest BCUT2D eigenvalue weighted by Gasteiger charge is -2.27. The molecule has 0 aliphatic heterocycles. The van der Waals surface area contributed by atoms with Gasteiger partial charge in [-0.25, -0.2) is 13.2 Å². The molecule has 2 rings (SSSR count). The monoisotopic (exact) mass is 297 g/mol. The normalized spacial score (nSPS) is 18.3.